The highest BCUT2D eigenvalue weighted by atomic mass is 15.1. The predicted octanol–water partition coefficient (Wildman–Crippen LogP) is 14.9. The quantitative estimate of drug-likeness (QED) is 0.152. The molecule has 0 amide bonds. The number of hydrogen-bond acceptors (Lipinski definition) is 1. The molecule has 0 radical (unpaired) electrons. The molecule has 0 aliphatic heterocycles. The largest absolute Gasteiger partial charge is 0.310 e. The summed E-state index contributed by atoms with van der Waals surface area (Å²) in [5, 5.41) is 1.89. The average Bonchev–Trinajstić information content (AvgIpc) is 3.68. The van der Waals surface area contributed by atoms with E-state index >= 15 is 0 Å². The lowest BCUT2D eigenvalue weighted by Gasteiger charge is -2.28. The lowest BCUT2D eigenvalue weighted by atomic mass is 9.96. The Kier molecular flexibility index (Phi) is 6.59. The average molecular weight is 723 g/mol. The topological polar surface area (TPSA) is 8.17 Å². The van der Waals surface area contributed by atoms with E-state index in [4.69, 9.17) is 0 Å². The van der Waals surface area contributed by atoms with Crippen molar-refractivity contribution in [1.29, 1.82) is 0 Å². The second kappa shape index (κ2) is 14.4. The van der Waals surface area contributed by atoms with E-state index in [9.17, 15) is 11.0 Å². The molecule has 0 saturated carbocycles. The van der Waals surface area contributed by atoms with Gasteiger partial charge in [-0.15, -0.1) is 0 Å². The van der Waals surface area contributed by atoms with Crippen molar-refractivity contribution in [2.45, 2.75) is 0 Å². The number of benzene rings is 9. The van der Waals surface area contributed by atoms with Crippen LogP contribution >= 0.6 is 0 Å². The van der Waals surface area contributed by atoms with E-state index in [1.54, 1.807) is 48.5 Å². The zero-order valence-corrected chi connectivity index (χ0v) is 30.2. The van der Waals surface area contributed by atoms with Crippen molar-refractivity contribution in [3.63, 3.8) is 0 Å². The van der Waals surface area contributed by atoms with E-state index in [0.717, 1.165) is 44.2 Å². The number of fused-ring (bicyclic) bond motifs is 3. The van der Waals surface area contributed by atoms with Gasteiger partial charge in [0.25, 0.3) is 0 Å². The van der Waals surface area contributed by atoms with Crippen LogP contribution in [0.4, 0.5) is 17.1 Å². The molecule has 0 aliphatic rings. The van der Waals surface area contributed by atoms with Crippen molar-refractivity contribution < 1.29 is 11.0 Å². The molecular weight excluding hydrogens is 677 g/mol. The summed E-state index contributed by atoms with van der Waals surface area (Å²) < 4.78 is 78.6. The molecule has 0 aliphatic carbocycles. The third kappa shape index (κ3) is 6.04. The molecule has 1 aromatic heterocycles. The maximum Gasteiger partial charge on any atom is 0.0645 e. The fraction of sp³-hybridized carbons (Fsp3) is 0. The van der Waals surface area contributed by atoms with Crippen LogP contribution in [-0.4, -0.2) is 4.57 Å². The molecule has 0 atom stereocenters. The van der Waals surface area contributed by atoms with E-state index in [-0.39, 0.29) is 46.7 Å². The third-order valence-corrected chi connectivity index (χ3v) is 10.2. The molecule has 9 aromatic carbocycles. The normalized spacial score (nSPS) is 13.2. The van der Waals surface area contributed by atoms with Crippen molar-refractivity contribution in [3.05, 3.63) is 230 Å². The minimum absolute atomic E-state index is 0.101. The van der Waals surface area contributed by atoms with Crippen LogP contribution in [0.15, 0.2) is 230 Å². The molecule has 0 bridgehead atoms. The highest BCUT2D eigenvalue weighted by Gasteiger charge is 2.21. The van der Waals surface area contributed by atoms with E-state index in [0.29, 0.717) is 22.4 Å². The molecule has 2 heteroatoms. The van der Waals surface area contributed by atoms with Gasteiger partial charge in [-0.3, -0.25) is 0 Å². The van der Waals surface area contributed by atoms with Crippen molar-refractivity contribution in [1.82, 2.24) is 4.57 Å². The van der Waals surface area contributed by atoms with Crippen LogP contribution in [0.1, 0.15) is 11.0 Å². The first kappa shape index (κ1) is 25.6. The van der Waals surface area contributed by atoms with E-state index in [2.05, 4.69) is 34.9 Å². The molecule has 56 heavy (non-hydrogen) atoms. The smallest absolute Gasteiger partial charge is 0.0645 e. The van der Waals surface area contributed by atoms with Crippen molar-refractivity contribution in [2.24, 2.45) is 0 Å². The van der Waals surface area contributed by atoms with E-state index in [1.165, 1.54) is 4.90 Å². The SMILES string of the molecule is [2H]c1c([2H])c(N(c2ccccc2-c2cccc3c2c2ccccc2n3-c2ccccc2)c2c([2H])c([2H])c(-c3ccc(-c4ccccc4)cc3)c([2H])c2[2H])c([2H])c([2H])c1-c1ccccc1. The Balaban J connectivity index is 1.26. The monoisotopic (exact) mass is 722 g/mol. The fourth-order valence-electron chi connectivity index (χ4n) is 7.54. The maximum atomic E-state index is 9.71. The van der Waals surface area contributed by atoms with Crippen LogP contribution < -0.4 is 4.90 Å². The fourth-order valence-corrected chi connectivity index (χ4v) is 7.54. The number of hydrogen-bond donors (Lipinski definition) is 0. The molecule has 10 rings (SSSR count). The summed E-state index contributed by atoms with van der Waals surface area (Å²) in [7, 11) is 0. The molecule has 2 nitrogen and oxygen atoms in total. The number of aromatic nitrogens is 1. The minimum Gasteiger partial charge on any atom is -0.310 e. The summed E-state index contributed by atoms with van der Waals surface area (Å²) in [6.45, 7) is 0. The van der Waals surface area contributed by atoms with Gasteiger partial charge in [-0.2, -0.15) is 0 Å². The van der Waals surface area contributed by atoms with Crippen LogP contribution in [0.25, 0.3) is 72.0 Å². The number of nitrogens with zero attached hydrogens (tertiary/aromatic N) is 2. The Morgan fingerprint density at radius 3 is 1.41 bits per heavy atom. The van der Waals surface area contributed by atoms with E-state index in [1.807, 2.05) is 103 Å². The van der Waals surface area contributed by atoms with Gasteiger partial charge in [0.1, 0.15) is 0 Å². The van der Waals surface area contributed by atoms with Gasteiger partial charge >= 0.3 is 0 Å². The highest BCUT2D eigenvalue weighted by molar-refractivity contribution is 6.17. The van der Waals surface area contributed by atoms with Crippen LogP contribution in [-0.2, 0) is 0 Å². The van der Waals surface area contributed by atoms with Crippen molar-refractivity contribution in [3.8, 4) is 50.2 Å². The lowest BCUT2D eigenvalue weighted by Crippen LogP contribution is -2.11. The van der Waals surface area contributed by atoms with Crippen LogP contribution in [0.5, 0.6) is 0 Å². The first-order valence-corrected chi connectivity index (χ1v) is 18.5. The molecule has 0 N–H and O–H groups in total. The van der Waals surface area contributed by atoms with E-state index < -0.39 is 24.2 Å². The molecular formula is C54H38N2. The first-order valence-electron chi connectivity index (χ1n) is 22.5. The highest BCUT2D eigenvalue weighted by Crippen LogP contribution is 2.45. The standard InChI is InChI=1S/C54H38N2/c1-4-15-39(16-5-1)41-27-29-42(30-28-41)44-33-37-47(38-34-44)55(46-35-31-43(32-36-46)40-17-6-2-7-18-40)51-24-12-10-21-48(51)49-23-14-26-53-54(49)50-22-11-13-25-52(50)56(53)45-19-8-3-9-20-45/h1-38H/i31D,32D,33D,34D,35D,36D,37D,38D. The molecule has 10 aromatic rings. The minimum atomic E-state index is -0.402. The Labute approximate surface area is 339 Å². The molecule has 1 heterocycles. The Hall–Kier alpha value is -7.42. The molecule has 0 saturated heterocycles. The molecule has 0 spiro atoms. The number of anilines is 3. The number of rotatable bonds is 8. The Morgan fingerprint density at radius 1 is 0.339 bits per heavy atom. The van der Waals surface area contributed by atoms with Crippen molar-refractivity contribution in [2.75, 3.05) is 4.90 Å². The molecule has 0 unspecified atom stereocenters. The zero-order chi connectivity index (χ0) is 44.2. The Bertz CT molecular complexity index is 3350. The van der Waals surface area contributed by atoms with Crippen LogP contribution in [0.3, 0.4) is 0 Å². The van der Waals surface area contributed by atoms with Gasteiger partial charge in [-0.05, 0) is 93.4 Å². The van der Waals surface area contributed by atoms with Gasteiger partial charge in [0, 0.05) is 33.4 Å². The summed E-state index contributed by atoms with van der Waals surface area (Å²) >= 11 is 0. The number of para-hydroxylation sites is 3. The van der Waals surface area contributed by atoms with Gasteiger partial charge in [0.2, 0.25) is 0 Å². The Morgan fingerprint density at radius 2 is 0.786 bits per heavy atom. The van der Waals surface area contributed by atoms with Gasteiger partial charge in [-0.25, -0.2) is 0 Å². The first-order chi connectivity index (χ1) is 31.2. The van der Waals surface area contributed by atoms with Gasteiger partial charge < -0.3 is 9.47 Å². The lowest BCUT2D eigenvalue weighted by molar-refractivity contribution is 1.18. The maximum absolute atomic E-state index is 9.71. The second-order valence-electron chi connectivity index (χ2n) is 13.5. The molecule has 264 valence electrons. The summed E-state index contributed by atoms with van der Waals surface area (Å²) in [4.78, 5) is 1.41. The predicted molar refractivity (Wildman–Crippen MR) is 237 cm³/mol. The van der Waals surface area contributed by atoms with Crippen LogP contribution in [0.2, 0.25) is 0 Å². The summed E-state index contributed by atoms with van der Waals surface area (Å²) in [6, 6.07) is 54.7. The zero-order valence-electron chi connectivity index (χ0n) is 38.2. The van der Waals surface area contributed by atoms with Crippen LogP contribution in [0, 0.1) is 0 Å². The van der Waals surface area contributed by atoms with Gasteiger partial charge in [0.15, 0.2) is 0 Å². The van der Waals surface area contributed by atoms with Gasteiger partial charge in [-0.1, -0.05) is 176 Å². The summed E-state index contributed by atoms with van der Waals surface area (Å²) in [5.41, 5.74) is 7.35. The van der Waals surface area contributed by atoms with Crippen molar-refractivity contribution >= 4 is 38.9 Å². The second-order valence-corrected chi connectivity index (χ2v) is 13.5. The summed E-state index contributed by atoms with van der Waals surface area (Å²) in [6.07, 6.45) is 0. The molecule has 0 fully saturated rings. The van der Waals surface area contributed by atoms with Gasteiger partial charge in [0.05, 0.1) is 27.7 Å². The summed E-state index contributed by atoms with van der Waals surface area (Å²) in [5.74, 6) is 0. The third-order valence-electron chi connectivity index (χ3n) is 10.2.